The predicted molar refractivity (Wildman–Crippen MR) is 172 cm³/mol. The molecule has 2 aliphatic rings. The molecule has 13 nitrogen and oxygen atoms in total. The molecule has 2 heterocycles. The van der Waals surface area contributed by atoms with Crippen LogP contribution in [0.1, 0.15) is 62.1 Å². The number of piperazine rings is 1. The van der Waals surface area contributed by atoms with Crippen LogP contribution in [0.2, 0.25) is 0 Å². The Morgan fingerprint density at radius 3 is 2.30 bits per heavy atom. The molecular weight excluding hydrogens is 613 g/mol. The van der Waals surface area contributed by atoms with Gasteiger partial charge in [0.1, 0.15) is 11.7 Å². The summed E-state index contributed by atoms with van der Waals surface area (Å²) in [5.41, 5.74) is 1.56. The van der Waals surface area contributed by atoms with Crippen LogP contribution in [-0.4, -0.2) is 110 Å². The van der Waals surface area contributed by atoms with Crippen molar-refractivity contribution in [3.8, 4) is 11.4 Å². The van der Waals surface area contributed by atoms with Crippen LogP contribution in [0.3, 0.4) is 0 Å². The molecule has 0 spiro atoms. The molecule has 2 aromatic rings. The molecule has 3 amide bonds. The summed E-state index contributed by atoms with van der Waals surface area (Å²) in [6.45, 7) is 7.50. The van der Waals surface area contributed by atoms with Gasteiger partial charge < -0.3 is 33.6 Å². The standard InChI is InChI=1S/C32H46N5O8P/c1-5-8-18-43-32(40)37-16-14-36(15-17-37)31(39)28(22-46(41,44-6-2)45-7-3)35-30(38)27-20-26(25-19-24(25)21-42-4)33-29(34-27)23-12-10-9-11-13-23/h9-13,20,24-25,28H,5-8,14-19,21-22H2,1-4H3,(H,35,38)/t24-,25+,28+/m1/s1. The molecule has 1 aliphatic carbocycles. The van der Waals surface area contributed by atoms with Gasteiger partial charge in [0.15, 0.2) is 5.82 Å². The number of nitrogens with one attached hydrogen (secondary N) is 1. The molecule has 46 heavy (non-hydrogen) atoms. The van der Waals surface area contributed by atoms with E-state index in [1.165, 1.54) is 0 Å². The first kappa shape index (κ1) is 35.5. The predicted octanol–water partition coefficient (Wildman–Crippen LogP) is 4.34. The van der Waals surface area contributed by atoms with E-state index in [9.17, 15) is 18.9 Å². The Hall–Kier alpha value is -3.38. The van der Waals surface area contributed by atoms with Crippen LogP contribution in [0.15, 0.2) is 36.4 Å². The normalized spacial score (nSPS) is 18.6. The van der Waals surface area contributed by atoms with E-state index >= 15 is 0 Å². The zero-order valence-electron chi connectivity index (χ0n) is 27.2. The number of aromatic nitrogens is 2. The fraction of sp³-hybridized carbons (Fsp3) is 0.594. The van der Waals surface area contributed by atoms with Crippen LogP contribution in [0.25, 0.3) is 11.4 Å². The van der Waals surface area contributed by atoms with Crippen molar-refractivity contribution >= 4 is 25.5 Å². The molecule has 252 valence electrons. The SMILES string of the molecule is CCCCOC(=O)N1CCN(C(=O)[C@H](CP(=O)(OCC)OCC)NC(=O)c2cc([C@H]3C[C@@H]3COC)nc(-c3ccccc3)n2)CC1. The third kappa shape index (κ3) is 9.57. The fourth-order valence-electron chi connectivity index (χ4n) is 5.40. The van der Waals surface area contributed by atoms with Gasteiger partial charge in [0, 0.05) is 57.1 Å². The van der Waals surface area contributed by atoms with Gasteiger partial charge in [-0.15, -0.1) is 0 Å². The van der Waals surface area contributed by atoms with Crippen LogP contribution in [0.4, 0.5) is 4.79 Å². The number of benzene rings is 1. The van der Waals surface area contributed by atoms with E-state index in [0.29, 0.717) is 25.0 Å². The molecular formula is C32H46N5O8P. The van der Waals surface area contributed by atoms with Crippen molar-refractivity contribution in [3.05, 3.63) is 47.8 Å². The number of rotatable bonds is 16. The third-order valence-corrected chi connectivity index (χ3v) is 10.0. The summed E-state index contributed by atoms with van der Waals surface area (Å²) in [6, 6.07) is 9.77. The molecule has 1 N–H and O–H groups in total. The van der Waals surface area contributed by atoms with Gasteiger partial charge in [-0.25, -0.2) is 14.8 Å². The quantitative estimate of drug-likeness (QED) is 0.204. The Labute approximate surface area is 270 Å². The Morgan fingerprint density at radius 1 is 1.00 bits per heavy atom. The highest BCUT2D eigenvalue weighted by Gasteiger charge is 2.41. The number of methoxy groups -OCH3 is 1. The largest absolute Gasteiger partial charge is 0.449 e. The maximum Gasteiger partial charge on any atom is 0.409 e. The summed E-state index contributed by atoms with van der Waals surface area (Å²) in [7, 11) is -2.10. The van der Waals surface area contributed by atoms with Crippen LogP contribution in [0.5, 0.6) is 0 Å². The van der Waals surface area contributed by atoms with Gasteiger partial charge in [-0.2, -0.15) is 0 Å². The van der Waals surface area contributed by atoms with Crippen LogP contribution >= 0.6 is 7.60 Å². The molecule has 0 radical (unpaired) electrons. The van der Waals surface area contributed by atoms with E-state index in [2.05, 4.69) is 10.3 Å². The molecule has 2 fully saturated rings. The van der Waals surface area contributed by atoms with Crippen LogP contribution < -0.4 is 5.32 Å². The summed E-state index contributed by atoms with van der Waals surface area (Å²) in [6.07, 6.45) is 1.79. The molecule has 1 aromatic heterocycles. The Balaban J connectivity index is 1.57. The second-order valence-corrected chi connectivity index (χ2v) is 13.5. The molecule has 1 saturated heterocycles. The number of hydrogen-bond acceptors (Lipinski definition) is 10. The van der Waals surface area contributed by atoms with E-state index < -0.39 is 31.5 Å². The molecule has 1 saturated carbocycles. The first-order valence-electron chi connectivity index (χ1n) is 16.0. The van der Waals surface area contributed by atoms with Crippen molar-refractivity contribution in [2.45, 2.75) is 52.0 Å². The fourth-order valence-corrected chi connectivity index (χ4v) is 7.17. The number of nitrogens with zero attached hydrogens (tertiary/aromatic N) is 4. The molecule has 0 unspecified atom stereocenters. The van der Waals surface area contributed by atoms with Gasteiger partial charge in [-0.1, -0.05) is 43.7 Å². The van der Waals surface area contributed by atoms with E-state index in [1.807, 2.05) is 37.3 Å². The second-order valence-electron chi connectivity index (χ2n) is 11.4. The van der Waals surface area contributed by atoms with Gasteiger partial charge in [0.05, 0.1) is 26.0 Å². The number of unbranched alkanes of at least 4 members (excludes halogenated alkanes) is 1. The third-order valence-electron chi connectivity index (χ3n) is 7.93. The van der Waals surface area contributed by atoms with E-state index in [-0.39, 0.29) is 57.2 Å². The number of ether oxygens (including phenoxy) is 2. The minimum absolute atomic E-state index is 0.0898. The van der Waals surface area contributed by atoms with E-state index in [1.54, 1.807) is 36.8 Å². The maximum atomic E-state index is 13.9. The van der Waals surface area contributed by atoms with Crippen molar-refractivity contribution in [1.82, 2.24) is 25.1 Å². The summed E-state index contributed by atoms with van der Waals surface area (Å²) in [5.74, 6) is -0.256. The number of hydrogen-bond donors (Lipinski definition) is 1. The topological polar surface area (TPSA) is 149 Å². The van der Waals surface area contributed by atoms with Crippen molar-refractivity contribution in [3.63, 3.8) is 0 Å². The molecule has 4 rings (SSSR count). The first-order chi connectivity index (χ1) is 22.2. The highest BCUT2D eigenvalue weighted by atomic mass is 31.2. The van der Waals surface area contributed by atoms with Gasteiger partial charge in [-0.3, -0.25) is 14.2 Å². The monoisotopic (exact) mass is 659 g/mol. The number of amides is 3. The molecule has 3 atom stereocenters. The van der Waals surface area contributed by atoms with Gasteiger partial charge in [0.2, 0.25) is 5.91 Å². The molecule has 0 bridgehead atoms. The molecule has 14 heteroatoms. The minimum Gasteiger partial charge on any atom is -0.449 e. The summed E-state index contributed by atoms with van der Waals surface area (Å²) in [5, 5.41) is 2.79. The zero-order valence-corrected chi connectivity index (χ0v) is 28.1. The van der Waals surface area contributed by atoms with E-state index in [0.717, 1.165) is 30.5 Å². The lowest BCUT2D eigenvalue weighted by Gasteiger charge is -2.36. The highest BCUT2D eigenvalue weighted by molar-refractivity contribution is 7.54. The van der Waals surface area contributed by atoms with Crippen molar-refractivity contribution in [1.29, 1.82) is 0 Å². The first-order valence-corrected chi connectivity index (χ1v) is 17.8. The minimum atomic E-state index is -3.75. The van der Waals surface area contributed by atoms with Gasteiger partial charge in [-0.05, 0) is 38.7 Å². The Bertz CT molecular complexity index is 1360. The zero-order chi connectivity index (χ0) is 33.1. The lowest BCUT2D eigenvalue weighted by molar-refractivity contribution is -0.134. The summed E-state index contributed by atoms with van der Waals surface area (Å²) >= 11 is 0. The Kier molecular flexibility index (Phi) is 13.1. The van der Waals surface area contributed by atoms with Crippen LogP contribution in [-0.2, 0) is 27.9 Å². The maximum absolute atomic E-state index is 13.9. The van der Waals surface area contributed by atoms with Gasteiger partial charge >= 0.3 is 13.7 Å². The average Bonchev–Trinajstić information content (AvgIpc) is 3.84. The summed E-state index contributed by atoms with van der Waals surface area (Å²) < 4.78 is 35.2. The van der Waals surface area contributed by atoms with Crippen molar-refractivity contribution < 1.29 is 37.5 Å². The van der Waals surface area contributed by atoms with Crippen LogP contribution in [0, 0.1) is 5.92 Å². The lowest BCUT2D eigenvalue weighted by atomic mass is 10.1. The van der Waals surface area contributed by atoms with E-state index in [4.69, 9.17) is 23.5 Å². The van der Waals surface area contributed by atoms with Crippen molar-refractivity contribution in [2.75, 3.05) is 65.9 Å². The Morgan fingerprint density at radius 2 is 1.67 bits per heavy atom. The van der Waals surface area contributed by atoms with Crippen molar-refractivity contribution in [2.24, 2.45) is 5.92 Å². The number of carbonyl (C=O) groups excluding carboxylic acids is 3. The lowest BCUT2D eigenvalue weighted by Crippen LogP contribution is -2.57. The molecule has 1 aliphatic heterocycles. The molecule has 1 aromatic carbocycles. The number of carbonyl (C=O) groups is 3. The highest BCUT2D eigenvalue weighted by Crippen LogP contribution is 2.49. The smallest absolute Gasteiger partial charge is 0.409 e. The second kappa shape index (κ2) is 17.0. The summed E-state index contributed by atoms with van der Waals surface area (Å²) in [4.78, 5) is 52.7. The average molecular weight is 660 g/mol. The van der Waals surface area contributed by atoms with Gasteiger partial charge in [0.25, 0.3) is 5.91 Å².